The molecule has 3 rings (SSSR count). The average Bonchev–Trinajstić information content (AvgIpc) is 2.69. The molecule has 1 saturated heterocycles. The van der Waals surface area contributed by atoms with Gasteiger partial charge in [0.15, 0.2) is 0 Å². The van der Waals surface area contributed by atoms with Gasteiger partial charge in [-0.15, -0.1) is 0 Å². The molecule has 6 heteroatoms. The standard InChI is InChI=1S/C22H27N3O3/c1-16-9-10-20(28-3)19(15-16)23-22(27)21(18-7-5-4-6-8-18)25-13-11-24(12-14-25)17(2)26/h4-10,15,21H,11-14H2,1-3H3,(H,23,27). The van der Waals surface area contributed by atoms with E-state index in [1.807, 2.05) is 60.4 Å². The molecule has 0 radical (unpaired) electrons. The lowest BCUT2D eigenvalue weighted by molar-refractivity contribution is -0.131. The van der Waals surface area contributed by atoms with Crippen LogP contribution in [0.15, 0.2) is 48.5 Å². The SMILES string of the molecule is COc1ccc(C)cc1NC(=O)C(c1ccccc1)N1CCN(C(C)=O)CC1. The zero-order valence-electron chi connectivity index (χ0n) is 16.6. The van der Waals surface area contributed by atoms with E-state index in [4.69, 9.17) is 4.74 Å². The summed E-state index contributed by atoms with van der Waals surface area (Å²) in [6, 6.07) is 15.0. The number of carbonyl (C=O) groups is 2. The lowest BCUT2D eigenvalue weighted by Crippen LogP contribution is -2.51. The van der Waals surface area contributed by atoms with Gasteiger partial charge in [0.25, 0.3) is 0 Å². The number of hydrogen-bond donors (Lipinski definition) is 1. The predicted molar refractivity (Wildman–Crippen MR) is 109 cm³/mol. The maximum Gasteiger partial charge on any atom is 0.246 e. The molecule has 2 aromatic rings. The van der Waals surface area contributed by atoms with Crippen molar-refractivity contribution >= 4 is 17.5 Å². The average molecular weight is 381 g/mol. The first-order valence-corrected chi connectivity index (χ1v) is 9.49. The van der Waals surface area contributed by atoms with Crippen molar-refractivity contribution in [1.82, 2.24) is 9.80 Å². The Bertz CT molecular complexity index is 830. The fourth-order valence-corrected chi connectivity index (χ4v) is 3.58. The first kappa shape index (κ1) is 19.9. The van der Waals surface area contributed by atoms with Crippen molar-refractivity contribution in [2.75, 3.05) is 38.6 Å². The van der Waals surface area contributed by atoms with Gasteiger partial charge in [-0.3, -0.25) is 14.5 Å². The van der Waals surface area contributed by atoms with Crippen molar-refractivity contribution in [1.29, 1.82) is 0 Å². The van der Waals surface area contributed by atoms with Crippen LogP contribution in [0.2, 0.25) is 0 Å². The smallest absolute Gasteiger partial charge is 0.246 e. The Hall–Kier alpha value is -2.86. The van der Waals surface area contributed by atoms with Crippen LogP contribution >= 0.6 is 0 Å². The molecule has 2 amide bonds. The number of ether oxygens (including phenoxy) is 1. The van der Waals surface area contributed by atoms with Crippen LogP contribution in [-0.4, -0.2) is 54.9 Å². The van der Waals surface area contributed by atoms with E-state index in [1.54, 1.807) is 14.0 Å². The minimum atomic E-state index is -0.430. The number of nitrogens with zero attached hydrogens (tertiary/aromatic N) is 2. The van der Waals surface area contributed by atoms with Crippen molar-refractivity contribution in [3.8, 4) is 5.75 Å². The molecule has 6 nitrogen and oxygen atoms in total. The summed E-state index contributed by atoms with van der Waals surface area (Å²) in [5.41, 5.74) is 2.64. The number of methoxy groups -OCH3 is 1. The summed E-state index contributed by atoms with van der Waals surface area (Å²) >= 11 is 0. The first-order chi connectivity index (χ1) is 13.5. The molecule has 0 aromatic heterocycles. The molecule has 28 heavy (non-hydrogen) atoms. The number of aryl methyl sites for hydroxylation is 1. The topological polar surface area (TPSA) is 61.9 Å². The summed E-state index contributed by atoms with van der Waals surface area (Å²) in [5.74, 6) is 0.600. The molecule has 2 aromatic carbocycles. The molecule has 0 aliphatic carbocycles. The molecule has 1 atom stereocenters. The molecule has 1 unspecified atom stereocenters. The Labute approximate surface area is 166 Å². The number of piperazine rings is 1. The minimum Gasteiger partial charge on any atom is -0.495 e. The number of hydrogen-bond acceptors (Lipinski definition) is 4. The summed E-state index contributed by atoms with van der Waals surface area (Å²) in [6.07, 6.45) is 0. The summed E-state index contributed by atoms with van der Waals surface area (Å²) in [5, 5.41) is 3.05. The van der Waals surface area contributed by atoms with Crippen molar-refractivity contribution in [3.63, 3.8) is 0 Å². The molecule has 0 bridgehead atoms. The number of anilines is 1. The predicted octanol–water partition coefficient (Wildman–Crippen LogP) is 2.85. The third-order valence-electron chi connectivity index (χ3n) is 5.10. The lowest BCUT2D eigenvalue weighted by atomic mass is 10.0. The van der Waals surface area contributed by atoms with Crippen molar-refractivity contribution < 1.29 is 14.3 Å². The van der Waals surface area contributed by atoms with Gasteiger partial charge in [0, 0.05) is 33.1 Å². The van der Waals surface area contributed by atoms with Crippen molar-refractivity contribution in [2.45, 2.75) is 19.9 Å². The van der Waals surface area contributed by atoms with Gasteiger partial charge in [0.1, 0.15) is 11.8 Å². The monoisotopic (exact) mass is 381 g/mol. The number of benzene rings is 2. The quantitative estimate of drug-likeness (QED) is 0.865. The molecule has 1 heterocycles. The van der Waals surface area contributed by atoms with E-state index in [-0.39, 0.29) is 11.8 Å². The van der Waals surface area contributed by atoms with Crippen LogP contribution in [0.25, 0.3) is 0 Å². The number of amides is 2. The van der Waals surface area contributed by atoms with Gasteiger partial charge in [0.2, 0.25) is 11.8 Å². The fraction of sp³-hybridized carbons (Fsp3) is 0.364. The van der Waals surface area contributed by atoms with Crippen LogP contribution in [0.3, 0.4) is 0 Å². The second kappa shape index (κ2) is 8.89. The highest BCUT2D eigenvalue weighted by Crippen LogP contribution is 2.29. The van der Waals surface area contributed by atoms with E-state index in [0.717, 1.165) is 11.1 Å². The van der Waals surface area contributed by atoms with E-state index >= 15 is 0 Å². The van der Waals surface area contributed by atoms with E-state index in [9.17, 15) is 9.59 Å². The van der Waals surface area contributed by atoms with E-state index in [0.29, 0.717) is 37.6 Å². The van der Waals surface area contributed by atoms with Gasteiger partial charge < -0.3 is 15.0 Å². The van der Waals surface area contributed by atoms with Crippen molar-refractivity contribution in [2.24, 2.45) is 0 Å². The maximum absolute atomic E-state index is 13.3. The molecule has 1 N–H and O–H groups in total. The lowest BCUT2D eigenvalue weighted by Gasteiger charge is -2.38. The largest absolute Gasteiger partial charge is 0.495 e. The van der Waals surface area contributed by atoms with Crippen LogP contribution in [0.5, 0.6) is 5.75 Å². The van der Waals surface area contributed by atoms with Gasteiger partial charge >= 0.3 is 0 Å². The number of rotatable bonds is 5. The zero-order chi connectivity index (χ0) is 20.1. The maximum atomic E-state index is 13.3. The van der Waals surface area contributed by atoms with Crippen LogP contribution in [0, 0.1) is 6.92 Å². The highest BCUT2D eigenvalue weighted by Gasteiger charge is 2.31. The second-order valence-electron chi connectivity index (χ2n) is 7.05. The fourth-order valence-electron chi connectivity index (χ4n) is 3.58. The Morgan fingerprint density at radius 2 is 1.71 bits per heavy atom. The van der Waals surface area contributed by atoms with Crippen LogP contribution < -0.4 is 10.1 Å². The third kappa shape index (κ3) is 4.51. The van der Waals surface area contributed by atoms with E-state index < -0.39 is 6.04 Å². The van der Waals surface area contributed by atoms with Gasteiger partial charge in [-0.05, 0) is 30.2 Å². The summed E-state index contributed by atoms with van der Waals surface area (Å²) in [4.78, 5) is 28.9. The summed E-state index contributed by atoms with van der Waals surface area (Å²) < 4.78 is 5.40. The third-order valence-corrected chi connectivity index (χ3v) is 5.10. The first-order valence-electron chi connectivity index (χ1n) is 9.49. The Morgan fingerprint density at radius 1 is 1.04 bits per heavy atom. The minimum absolute atomic E-state index is 0.0739. The molecule has 1 aliphatic rings. The number of carbonyl (C=O) groups excluding carboxylic acids is 2. The molecule has 0 spiro atoms. The molecule has 1 fully saturated rings. The highest BCUT2D eigenvalue weighted by molar-refractivity contribution is 5.97. The Kier molecular flexibility index (Phi) is 6.31. The van der Waals surface area contributed by atoms with Gasteiger partial charge in [-0.1, -0.05) is 36.4 Å². The Morgan fingerprint density at radius 3 is 2.32 bits per heavy atom. The molecule has 148 valence electrons. The van der Waals surface area contributed by atoms with Gasteiger partial charge in [-0.25, -0.2) is 0 Å². The second-order valence-corrected chi connectivity index (χ2v) is 7.05. The van der Waals surface area contributed by atoms with Gasteiger partial charge in [0.05, 0.1) is 12.8 Å². The van der Waals surface area contributed by atoms with Gasteiger partial charge in [-0.2, -0.15) is 0 Å². The zero-order valence-corrected chi connectivity index (χ0v) is 16.6. The van der Waals surface area contributed by atoms with Crippen LogP contribution in [0.4, 0.5) is 5.69 Å². The van der Waals surface area contributed by atoms with Crippen LogP contribution in [0.1, 0.15) is 24.1 Å². The molecular weight excluding hydrogens is 354 g/mol. The van der Waals surface area contributed by atoms with Crippen molar-refractivity contribution in [3.05, 3.63) is 59.7 Å². The number of nitrogens with one attached hydrogen (secondary N) is 1. The normalized spacial score (nSPS) is 15.8. The molecule has 1 aliphatic heterocycles. The van der Waals surface area contributed by atoms with E-state index in [1.165, 1.54) is 0 Å². The van der Waals surface area contributed by atoms with Crippen LogP contribution in [-0.2, 0) is 9.59 Å². The molecule has 0 saturated carbocycles. The van der Waals surface area contributed by atoms with E-state index in [2.05, 4.69) is 10.2 Å². The highest BCUT2D eigenvalue weighted by atomic mass is 16.5. The summed E-state index contributed by atoms with van der Waals surface area (Å²) in [6.45, 7) is 6.11. The molecular formula is C22H27N3O3. The summed E-state index contributed by atoms with van der Waals surface area (Å²) in [7, 11) is 1.59. The Balaban J connectivity index is 1.85.